The number of hydrogen-bond acceptors (Lipinski definition) is 4. The molecule has 1 aliphatic rings. The van der Waals surface area contributed by atoms with E-state index >= 15 is 0 Å². The summed E-state index contributed by atoms with van der Waals surface area (Å²) in [7, 11) is 0. The van der Waals surface area contributed by atoms with Crippen LogP contribution in [0.5, 0.6) is 0 Å². The first-order valence-corrected chi connectivity index (χ1v) is 10.8. The number of para-hydroxylation sites is 1. The first kappa shape index (κ1) is 20.5. The van der Waals surface area contributed by atoms with Crippen LogP contribution in [0.2, 0.25) is 0 Å². The average Bonchev–Trinajstić information content (AvgIpc) is 3.44. The Hall–Kier alpha value is -2.77. The van der Waals surface area contributed by atoms with Crippen LogP contribution in [0.25, 0.3) is 10.9 Å². The van der Waals surface area contributed by atoms with Gasteiger partial charge in [-0.3, -0.25) is 9.89 Å². The van der Waals surface area contributed by atoms with E-state index in [2.05, 4.69) is 51.0 Å². The molecule has 0 amide bonds. The lowest BCUT2D eigenvalue weighted by atomic mass is 10.1. The van der Waals surface area contributed by atoms with Crippen LogP contribution in [0.15, 0.2) is 58.3 Å². The molecule has 3 N–H and O–H groups in total. The van der Waals surface area contributed by atoms with E-state index in [9.17, 15) is 0 Å². The quantitative estimate of drug-likeness (QED) is 0.374. The molecule has 0 atom stereocenters. The molecule has 160 valence electrons. The number of nitrogens with zero attached hydrogens (tertiary/aromatic N) is 2. The molecular weight excluding hydrogens is 378 g/mol. The third-order valence-electron chi connectivity index (χ3n) is 5.40. The molecule has 1 aromatic carbocycles. The minimum absolute atomic E-state index is 0.767. The zero-order chi connectivity index (χ0) is 20.4. The zero-order valence-corrected chi connectivity index (χ0v) is 17.4. The largest absolute Gasteiger partial charge is 0.469 e. The monoisotopic (exact) mass is 409 g/mol. The van der Waals surface area contributed by atoms with Crippen molar-refractivity contribution in [2.24, 2.45) is 4.99 Å². The molecule has 4 rings (SSSR count). The molecule has 7 nitrogen and oxygen atoms in total. The summed E-state index contributed by atoms with van der Waals surface area (Å²) in [6, 6.07) is 12.3. The number of hydrogen-bond donors (Lipinski definition) is 3. The van der Waals surface area contributed by atoms with Gasteiger partial charge in [-0.25, -0.2) is 0 Å². The molecule has 1 fully saturated rings. The van der Waals surface area contributed by atoms with E-state index in [1.807, 2.05) is 12.1 Å². The lowest BCUT2D eigenvalue weighted by Gasteiger charge is -2.25. The molecule has 2 aromatic heterocycles. The highest BCUT2D eigenvalue weighted by Crippen LogP contribution is 2.17. The standard InChI is InChI=1S/C23H31N5O2/c1-2-6-22-21(5-1)19(18-27-22)7-9-24-23(25-10-8-20-4-3-15-30-20)26-11-12-28-13-16-29-17-14-28/h1-6,15,18,27H,7-14,16-17H2,(H2,24,25,26). The van der Waals surface area contributed by atoms with Gasteiger partial charge in [-0.05, 0) is 30.2 Å². The molecule has 0 bridgehead atoms. The lowest BCUT2D eigenvalue weighted by Crippen LogP contribution is -2.41. The predicted molar refractivity (Wildman–Crippen MR) is 120 cm³/mol. The van der Waals surface area contributed by atoms with Crippen LogP contribution in [0.3, 0.4) is 0 Å². The van der Waals surface area contributed by atoms with Crippen LogP contribution >= 0.6 is 0 Å². The molecule has 1 saturated heterocycles. The van der Waals surface area contributed by atoms with Crippen LogP contribution < -0.4 is 10.6 Å². The summed E-state index contributed by atoms with van der Waals surface area (Å²) in [5.74, 6) is 1.84. The average molecular weight is 410 g/mol. The van der Waals surface area contributed by atoms with Gasteiger partial charge in [0.1, 0.15) is 5.76 Å². The molecule has 1 aliphatic heterocycles. The number of morpholine rings is 1. The topological polar surface area (TPSA) is 77.8 Å². The number of aliphatic imine (C=N–C) groups is 1. The fraction of sp³-hybridized carbons (Fsp3) is 0.435. The van der Waals surface area contributed by atoms with Crippen molar-refractivity contribution in [1.29, 1.82) is 0 Å². The molecule has 0 spiro atoms. The van der Waals surface area contributed by atoms with Crippen molar-refractivity contribution in [1.82, 2.24) is 20.5 Å². The summed E-state index contributed by atoms with van der Waals surface area (Å²) in [4.78, 5) is 10.5. The number of aromatic nitrogens is 1. The Balaban J connectivity index is 1.29. The van der Waals surface area contributed by atoms with Gasteiger partial charge in [0.25, 0.3) is 0 Å². The Morgan fingerprint density at radius 3 is 2.70 bits per heavy atom. The van der Waals surface area contributed by atoms with E-state index < -0.39 is 0 Å². The van der Waals surface area contributed by atoms with Crippen molar-refractivity contribution >= 4 is 16.9 Å². The van der Waals surface area contributed by atoms with Crippen LogP contribution in [0.4, 0.5) is 0 Å². The molecule has 0 unspecified atom stereocenters. The molecule has 0 saturated carbocycles. The fourth-order valence-electron chi connectivity index (χ4n) is 3.72. The van der Waals surface area contributed by atoms with Crippen molar-refractivity contribution < 1.29 is 9.15 Å². The Morgan fingerprint density at radius 1 is 1.03 bits per heavy atom. The van der Waals surface area contributed by atoms with Crippen molar-refractivity contribution in [3.05, 3.63) is 60.2 Å². The van der Waals surface area contributed by atoms with E-state index in [4.69, 9.17) is 14.1 Å². The Labute approximate surface area is 177 Å². The van der Waals surface area contributed by atoms with E-state index in [0.29, 0.717) is 0 Å². The van der Waals surface area contributed by atoms with Gasteiger partial charge in [0.15, 0.2) is 5.96 Å². The first-order chi connectivity index (χ1) is 14.9. The number of rotatable bonds is 9. The predicted octanol–water partition coefficient (Wildman–Crippen LogP) is 2.41. The summed E-state index contributed by atoms with van der Waals surface area (Å²) in [6.45, 7) is 6.95. The van der Waals surface area contributed by atoms with Crippen molar-refractivity contribution in [2.75, 3.05) is 52.5 Å². The summed E-state index contributed by atoms with van der Waals surface area (Å²) in [5, 5.41) is 8.22. The third-order valence-corrected chi connectivity index (χ3v) is 5.40. The molecular formula is C23H31N5O2. The fourth-order valence-corrected chi connectivity index (χ4v) is 3.72. The van der Waals surface area contributed by atoms with E-state index in [0.717, 1.165) is 77.0 Å². The maximum Gasteiger partial charge on any atom is 0.191 e. The van der Waals surface area contributed by atoms with E-state index in [1.165, 1.54) is 16.5 Å². The minimum Gasteiger partial charge on any atom is -0.469 e. The van der Waals surface area contributed by atoms with Crippen LogP contribution in [-0.2, 0) is 17.6 Å². The minimum atomic E-state index is 0.767. The molecule has 0 aliphatic carbocycles. The van der Waals surface area contributed by atoms with Crippen LogP contribution in [0, 0.1) is 0 Å². The maximum atomic E-state index is 5.42. The summed E-state index contributed by atoms with van der Waals surface area (Å²) >= 11 is 0. The SMILES string of the molecule is c1coc(CCNC(=NCCN2CCOCC2)NCCc2c[nH]c3ccccc23)c1. The molecule has 3 heterocycles. The second-order valence-corrected chi connectivity index (χ2v) is 7.48. The summed E-state index contributed by atoms with van der Waals surface area (Å²) < 4.78 is 10.8. The first-order valence-electron chi connectivity index (χ1n) is 10.8. The Kier molecular flexibility index (Phi) is 7.41. The number of H-pyrrole nitrogens is 1. The smallest absolute Gasteiger partial charge is 0.191 e. The lowest BCUT2D eigenvalue weighted by molar-refractivity contribution is 0.0394. The molecule has 30 heavy (non-hydrogen) atoms. The van der Waals surface area contributed by atoms with Crippen molar-refractivity contribution in [3.63, 3.8) is 0 Å². The molecule has 7 heteroatoms. The highest BCUT2D eigenvalue weighted by atomic mass is 16.5. The highest BCUT2D eigenvalue weighted by Gasteiger charge is 2.09. The van der Waals surface area contributed by atoms with Gasteiger partial charge in [-0.1, -0.05) is 18.2 Å². The van der Waals surface area contributed by atoms with Crippen molar-refractivity contribution in [2.45, 2.75) is 12.8 Å². The molecule has 0 radical (unpaired) electrons. The number of nitrogens with one attached hydrogen (secondary N) is 3. The normalized spacial score (nSPS) is 15.5. The van der Waals surface area contributed by atoms with Crippen molar-refractivity contribution in [3.8, 4) is 0 Å². The number of furan rings is 1. The van der Waals surface area contributed by atoms with Gasteiger partial charge in [-0.15, -0.1) is 0 Å². The number of aromatic amines is 1. The second-order valence-electron chi connectivity index (χ2n) is 7.48. The number of guanidine groups is 1. The Bertz CT molecular complexity index is 913. The Morgan fingerprint density at radius 2 is 1.87 bits per heavy atom. The van der Waals surface area contributed by atoms with E-state index in [1.54, 1.807) is 6.26 Å². The maximum absolute atomic E-state index is 5.42. The third kappa shape index (κ3) is 5.87. The van der Waals surface area contributed by atoms with Crippen LogP contribution in [0.1, 0.15) is 11.3 Å². The molecule has 3 aromatic rings. The zero-order valence-electron chi connectivity index (χ0n) is 17.4. The number of fused-ring (bicyclic) bond motifs is 1. The highest BCUT2D eigenvalue weighted by molar-refractivity contribution is 5.83. The summed E-state index contributed by atoms with van der Waals surface area (Å²) in [6.07, 6.45) is 5.59. The van der Waals surface area contributed by atoms with Gasteiger partial charge in [-0.2, -0.15) is 0 Å². The van der Waals surface area contributed by atoms with Crippen LogP contribution in [-0.4, -0.2) is 68.3 Å². The second kappa shape index (κ2) is 10.8. The van der Waals surface area contributed by atoms with Gasteiger partial charge < -0.3 is 24.8 Å². The summed E-state index contributed by atoms with van der Waals surface area (Å²) in [5.41, 5.74) is 2.50. The number of benzene rings is 1. The van der Waals surface area contributed by atoms with Gasteiger partial charge >= 0.3 is 0 Å². The van der Waals surface area contributed by atoms with Gasteiger partial charge in [0.05, 0.1) is 26.0 Å². The number of ether oxygens (including phenoxy) is 1. The van der Waals surface area contributed by atoms with Gasteiger partial charge in [0.2, 0.25) is 0 Å². The van der Waals surface area contributed by atoms with Gasteiger partial charge in [0, 0.05) is 56.2 Å². The van der Waals surface area contributed by atoms with E-state index in [-0.39, 0.29) is 0 Å².